The van der Waals surface area contributed by atoms with Crippen molar-refractivity contribution in [3.63, 3.8) is 0 Å². The predicted molar refractivity (Wildman–Crippen MR) is 48.4 cm³/mol. The molecule has 1 aromatic rings. The first-order chi connectivity index (χ1) is 6.29. The molecule has 0 saturated carbocycles. The average molecular weight is 181 g/mol. The topological polar surface area (TPSA) is 21.3 Å². The molecule has 1 heterocycles. The van der Waals surface area contributed by atoms with Gasteiger partial charge in [-0.2, -0.15) is 0 Å². The first kappa shape index (κ1) is 8.51. The number of hydrogen-bond acceptors (Lipinski definition) is 2. The van der Waals surface area contributed by atoms with Crippen LogP contribution < -0.4 is 10.1 Å². The molecule has 2 rings (SSSR count). The molecule has 1 aliphatic rings. The number of ether oxygens (including phenoxy) is 1. The van der Waals surface area contributed by atoms with E-state index in [0.29, 0.717) is 0 Å². The number of benzene rings is 1. The number of nitrogens with one attached hydrogen (secondary N) is 1. The Balaban J connectivity index is 2.16. The van der Waals surface area contributed by atoms with Crippen molar-refractivity contribution in [3.05, 3.63) is 29.6 Å². The molecule has 2 nitrogen and oxygen atoms in total. The Morgan fingerprint density at radius 3 is 3.23 bits per heavy atom. The quantitative estimate of drug-likeness (QED) is 0.743. The monoisotopic (exact) mass is 181 g/mol. The van der Waals surface area contributed by atoms with E-state index in [-0.39, 0.29) is 11.9 Å². The molecule has 13 heavy (non-hydrogen) atoms. The van der Waals surface area contributed by atoms with Crippen LogP contribution in [0.5, 0.6) is 5.75 Å². The summed E-state index contributed by atoms with van der Waals surface area (Å²) in [6, 6.07) is 4.67. The summed E-state index contributed by atoms with van der Waals surface area (Å²) in [5.74, 6) is 0.633. The normalized spacial score (nSPS) is 19.7. The first-order valence-corrected chi connectivity index (χ1v) is 4.39. The molecule has 0 spiro atoms. The van der Waals surface area contributed by atoms with Gasteiger partial charge in [-0.25, -0.2) is 4.39 Å². The van der Waals surface area contributed by atoms with Crippen LogP contribution in [0.25, 0.3) is 0 Å². The summed E-state index contributed by atoms with van der Waals surface area (Å²) in [6.07, 6.45) is 0.954. The maximum atomic E-state index is 12.8. The number of likely N-dealkylation sites (N-methyl/N-ethyl adjacent to an activating group) is 1. The Bertz CT molecular complexity index is 314. The molecule has 1 unspecified atom stereocenters. The number of fused-ring (bicyclic) bond motifs is 1. The van der Waals surface area contributed by atoms with Crippen molar-refractivity contribution >= 4 is 0 Å². The molecule has 0 amide bonds. The van der Waals surface area contributed by atoms with Crippen LogP contribution in [-0.2, 0) is 6.42 Å². The van der Waals surface area contributed by atoms with Crippen molar-refractivity contribution in [2.45, 2.75) is 12.5 Å². The fourth-order valence-corrected chi connectivity index (χ4v) is 1.63. The zero-order chi connectivity index (χ0) is 9.26. The molecule has 0 saturated heterocycles. The van der Waals surface area contributed by atoms with Gasteiger partial charge in [0.2, 0.25) is 0 Å². The summed E-state index contributed by atoms with van der Waals surface area (Å²) in [4.78, 5) is 0. The van der Waals surface area contributed by atoms with Crippen molar-refractivity contribution in [3.8, 4) is 5.75 Å². The van der Waals surface area contributed by atoms with E-state index < -0.39 is 0 Å². The molecule has 70 valence electrons. The van der Waals surface area contributed by atoms with Gasteiger partial charge in [0.15, 0.2) is 0 Å². The second-order valence-corrected chi connectivity index (χ2v) is 3.25. The van der Waals surface area contributed by atoms with Gasteiger partial charge in [0, 0.05) is 18.5 Å². The van der Waals surface area contributed by atoms with Crippen molar-refractivity contribution in [2.24, 2.45) is 0 Å². The molecule has 1 aliphatic heterocycles. The Hall–Kier alpha value is -1.09. The number of halogens is 1. The smallest absolute Gasteiger partial charge is 0.123 e. The van der Waals surface area contributed by atoms with Gasteiger partial charge >= 0.3 is 0 Å². The summed E-state index contributed by atoms with van der Waals surface area (Å²) in [5.41, 5.74) is 0.972. The van der Waals surface area contributed by atoms with Crippen LogP contribution in [0.15, 0.2) is 18.2 Å². The maximum Gasteiger partial charge on any atom is 0.123 e. The minimum Gasteiger partial charge on any atom is -0.488 e. The fraction of sp³-hybridized carbons (Fsp3) is 0.400. The molecule has 0 aliphatic carbocycles. The molecule has 3 heteroatoms. The Kier molecular flexibility index (Phi) is 2.19. The Labute approximate surface area is 76.7 Å². The molecular weight excluding hydrogens is 169 g/mol. The lowest BCUT2D eigenvalue weighted by Crippen LogP contribution is -2.27. The van der Waals surface area contributed by atoms with Crippen LogP contribution in [0.4, 0.5) is 4.39 Å². The lowest BCUT2D eigenvalue weighted by atomic mass is 10.1. The summed E-state index contributed by atoms with van der Waals surface area (Å²) < 4.78 is 18.4. The van der Waals surface area contributed by atoms with Crippen molar-refractivity contribution in [1.82, 2.24) is 5.32 Å². The van der Waals surface area contributed by atoms with Crippen LogP contribution in [0.2, 0.25) is 0 Å². The third-order valence-electron chi connectivity index (χ3n) is 2.20. The van der Waals surface area contributed by atoms with Crippen molar-refractivity contribution in [1.29, 1.82) is 0 Å². The van der Waals surface area contributed by atoms with Crippen LogP contribution >= 0.6 is 0 Å². The van der Waals surface area contributed by atoms with Gasteiger partial charge in [0.1, 0.15) is 17.7 Å². The van der Waals surface area contributed by atoms with Gasteiger partial charge in [-0.05, 0) is 25.2 Å². The Morgan fingerprint density at radius 2 is 2.46 bits per heavy atom. The number of hydrogen-bond donors (Lipinski definition) is 1. The molecule has 1 aromatic carbocycles. The Morgan fingerprint density at radius 1 is 1.62 bits per heavy atom. The van der Waals surface area contributed by atoms with Crippen LogP contribution in [-0.4, -0.2) is 19.7 Å². The molecule has 1 atom stereocenters. The van der Waals surface area contributed by atoms with Crippen molar-refractivity contribution in [2.75, 3.05) is 13.6 Å². The largest absolute Gasteiger partial charge is 0.488 e. The number of rotatable bonds is 2. The highest BCUT2D eigenvalue weighted by Crippen LogP contribution is 2.28. The second kappa shape index (κ2) is 3.34. The highest BCUT2D eigenvalue weighted by atomic mass is 19.1. The lowest BCUT2D eigenvalue weighted by Gasteiger charge is -2.08. The van der Waals surface area contributed by atoms with E-state index in [2.05, 4.69) is 5.32 Å². The van der Waals surface area contributed by atoms with Crippen LogP contribution in [0.1, 0.15) is 5.56 Å². The maximum absolute atomic E-state index is 12.8. The van der Waals surface area contributed by atoms with E-state index in [9.17, 15) is 4.39 Å². The van der Waals surface area contributed by atoms with Gasteiger partial charge in [0.05, 0.1) is 0 Å². The summed E-state index contributed by atoms with van der Waals surface area (Å²) in [5, 5.41) is 3.04. The lowest BCUT2D eigenvalue weighted by molar-refractivity contribution is 0.231. The van der Waals surface area contributed by atoms with Gasteiger partial charge in [-0.3, -0.25) is 0 Å². The zero-order valence-electron chi connectivity index (χ0n) is 7.51. The second-order valence-electron chi connectivity index (χ2n) is 3.25. The van der Waals surface area contributed by atoms with Gasteiger partial charge in [-0.1, -0.05) is 0 Å². The predicted octanol–water partition coefficient (Wildman–Crippen LogP) is 1.35. The molecule has 0 bridgehead atoms. The van der Waals surface area contributed by atoms with E-state index in [4.69, 9.17) is 4.74 Å². The SMILES string of the molecule is CNCC1Cc2cc(F)ccc2O1. The van der Waals surface area contributed by atoms with Crippen LogP contribution in [0.3, 0.4) is 0 Å². The van der Waals surface area contributed by atoms with Gasteiger partial charge in [0.25, 0.3) is 0 Å². The molecule has 0 fully saturated rings. The summed E-state index contributed by atoms with van der Waals surface area (Å²) >= 11 is 0. The molecule has 0 radical (unpaired) electrons. The van der Waals surface area contributed by atoms with E-state index in [1.807, 2.05) is 7.05 Å². The van der Waals surface area contributed by atoms with Gasteiger partial charge in [-0.15, -0.1) is 0 Å². The summed E-state index contributed by atoms with van der Waals surface area (Å²) in [6.45, 7) is 0.802. The third kappa shape index (κ3) is 1.65. The van der Waals surface area contributed by atoms with E-state index in [1.54, 1.807) is 12.1 Å². The minimum atomic E-state index is -0.188. The van der Waals surface area contributed by atoms with E-state index in [1.165, 1.54) is 6.07 Å². The fourth-order valence-electron chi connectivity index (χ4n) is 1.63. The third-order valence-corrected chi connectivity index (χ3v) is 2.20. The zero-order valence-corrected chi connectivity index (χ0v) is 7.51. The van der Waals surface area contributed by atoms with Gasteiger partial charge < -0.3 is 10.1 Å². The van der Waals surface area contributed by atoms with E-state index >= 15 is 0 Å². The minimum absolute atomic E-state index is 0.154. The summed E-state index contributed by atoms with van der Waals surface area (Å²) in [7, 11) is 1.88. The standard InChI is InChI=1S/C10H12FNO/c1-12-6-9-5-7-4-8(11)2-3-10(7)13-9/h2-4,9,12H,5-6H2,1H3. The highest BCUT2D eigenvalue weighted by molar-refractivity contribution is 5.37. The van der Waals surface area contributed by atoms with Crippen molar-refractivity contribution < 1.29 is 9.13 Å². The molecule has 1 N–H and O–H groups in total. The first-order valence-electron chi connectivity index (χ1n) is 4.39. The molecular formula is C10H12FNO. The van der Waals surface area contributed by atoms with E-state index in [0.717, 1.165) is 24.3 Å². The van der Waals surface area contributed by atoms with Crippen LogP contribution in [0, 0.1) is 5.82 Å². The highest BCUT2D eigenvalue weighted by Gasteiger charge is 2.22. The molecule has 0 aromatic heterocycles. The average Bonchev–Trinajstić information content (AvgIpc) is 2.46.